The van der Waals surface area contributed by atoms with Crippen molar-refractivity contribution in [1.29, 1.82) is 0 Å². The van der Waals surface area contributed by atoms with Crippen molar-refractivity contribution >= 4 is 30.8 Å². The Morgan fingerprint density at radius 3 is 1.57 bits per heavy atom. The number of urea groups is 1. The maximum absolute atomic E-state index is 9.35. The van der Waals surface area contributed by atoms with E-state index >= 15 is 0 Å². The summed E-state index contributed by atoms with van der Waals surface area (Å²) >= 11 is 0. The number of hydrazine groups is 1. The molecule has 0 bridgehead atoms. The Kier molecular flexibility index (Phi) is 20.9. The van der Waals surface area contributed by atoms with E-state index in [0.29, 0.717) is 0 Å². The monoisotopic (exact) mass is 147 g/mol. The van der Waals surface area contributed by atoms with E-state index in [0.717, 1.165) is 0 Å². The molecule has 0 unspecified atom stereocenters. The van der Waals surface area contributed by atoms with Gasteiger partial charge in [0.1, 0.15) is 0 Å². The highest BCUT2D eigenvalue weighted by molar-refractivity contribution is 5.85. The molecule has 2 amide bonds. The van der Waals surface area contributed by atoms with E-state index in [1.54, 1.807) is 5.43 Å². The molecule has 0 saturated carbocycles. The van der Waals surface area contributed by atoms with Crippen LogP contribution in [0.3, 0.4) is 0 Å². The van der Waals surface area contributed by atoms with Crippen molar-refractivity contribution < 1.29 is 4.79 Å². The lowest BCUT2D eigenvalue weighted by atomic mass is 11.2. The summed E-state index contributed by atoms with van der Waals surface area (Å²) in [6, 6.07) is -0.718. The number of nitrogens with two attached hydrogens (primary N) is 2. The van der Waals surface area contributed by atoms with Gasteiger partial charge in [0.25, 0.3) is 0 Å². The van der Waals surface area contributed by atoms with E-state index in [2.05, 4.69) is 11.6 Å². The smallest absolute Gasteiger partial charge is 0.326 e. The molecule has 0 heterocycles. The van der Waals surface area contributed by atoms with E-state index in [1.165, 1.54) is 0 Å². The highest BCUT2D eigenvalue weighted by Gasteiger charge is 1.73. The van der Waals surface area contributed by atoms with Crippen LogP contribution in [0.4, 0.5) is 4.79 Å². The van der Waals surface area contributed by atoms with Crippen molar-refractivity contribution in [1.82, 2.24) is 5.43 Å². The van der Waals surface area contributed by atoms with Crippen molar-refractivity contribution in [2.24, 2.45) is 11.6 Å². The summed E-state index contributed by atoms with van der Waals surface area (Å²) in [4.78, 5) is 9.35. The van der Waals surface area contributed by atoms with Crippen LogP contribution >= 0.6 is 24.8 Å². The lowest BCUT2D eigenvalue weighted by molar-refractivity contribution is 0.249. The van der Waals surface area contributed by atoms with Crippen LogP contribution in [0.5, 0.6) is 0 Å². The third-order valence-electron chi connectivity index (χ3n) is 0.142. The topological polar surface area (TPSA) is 81.1 Å². The van der Waals surface area contributed by atoms with Gasteiger partial charge in [0, 0.05) is 0 Å². The van der Waals surface area contributed by atoms with Gasteiger partial charge in [-0.2, -0.15) is 0 Å². The van der Waals surface area contributed by atoms with E-state index in [9.17, 15) is 4.79 Å². The molecule has 0 aliphatic rings. The van der Waals surface area contributed by atoms with Crippen LogP contribution in [0.25, 0.3) is 0 Å². The lowest BCUT2D eigenvalue weighted by Crippen LogP contribution is -2.34. The number of primary amides is 1. The fourth-order valence-electron chi connectivity index (χ4n) is 0. The molecular weight excluding hydrogens is 141 g/mol. The van der Waals surface area contributed by atoms with E-state index in [-0.39, 0.29) is 24.8 Å². The summed E-state index contributed by atoms with van der Waals surface area (Å²) in [5, 5.41) is 0. The Morgan fingerprint density at radius 2 is 1.57 bits per heavy atom. The Morgan fingerprint density at radius 1 is 1.43 bits per heavy atom. The first-order valence-electron chi connectivity index (χ1n) is 1.03. The first-order valence-corrected chi connectivity index (χ1v) is 1.03. The average Bonchev–Trinajstić information content (AvgIpc) is 1.38. The third kappa shape index (κ3) is 25.7. The summed E-state index contributed by atoms with van der Waals surface area (Å²) in [7, 11) is 0. The largest absolute Gasteiger partial charge is 0.351 e. The van der Waals surface area contributed by atoms with Crippen molar-refractivity contribution in [3.8, 4) is 0 Å². The van der Waals surface area contributed by atoms with Crippen LogP contribution in [-0.2, 0) is 0 Å². The van der Waals surface area contributed by atoms with Crippen molar-refractivity contribution in [3.05, 3.63) is 0 Å². The number of rotatable bonds is 0. The Bertz CT molecular complexity index is 48.2. The molecule has 0 atom stereocenters. The summed E-state index contributed by atoms with van der Waals surface area (Å²) in [5.74, 6) is 4.45. The van der Waals surface area contributed by atoms with Gasteiger partial charge in [0.15, 0.2) is 0 Å². The van der Waals surface area contributed by atoms with Crippen LogP contribution < -0.4 is 17.0 Å². The molecule has 0 aliphatic heterocycles. The number of halogens is 2. The number of nitrogens with one attached hydrogen (secondary N) is 1. The van der Waals surface area contributed by atoms with Gasteiger partial charge < -0.3 is 5.73 Å². The summed E-state index contributed by atoms with van der Waals surface area (Å²) in [6.07, 6.45) is 0. The molecule has 0 saturated heterocycles. The number of amides is 2. The zero-order valence-corrected chi connectivity index (χ0v) is 5.01. The fraction of sp³-hybridized carbons (Fsp3) is 0. The van der Waals surface area contributed by atoms with Crippen LogP contribution in [0.1, 0.15) is 0 Å². The number of carbonyl (C=O) groups is 1. The Hall–Kier alpha value is -0.190. The van der Waals surface area contributed by atoms with Gasteiger partial charge in [-0.3, -0.25) is 5.43 Å². The molecule has 5 N–H and O–H groups in total. The van der Waals surface area contributed by atoms with Crippen molar-refractivity contribution in [2.75, 3.05) is 0 Å². The highest BCUT2D eigenvalue weighted by Crippen LogP contribution is 1.34. The summed E-state index contributed by atoms with van der Waals surface area (Å²) in [5.41, 5.74) is 6.08. The van der Waals surface area contributed by atoms with Gasteiger partial charge in [0.05, 0.1) is 0 Å². The minimum Gasteiger partial charge on any atom is -0.351 e. The van der Waals surface area contributed by atoms with E-state index in [1.807, 2.05) is 0 Å². The SMILES string of the molecule is Cl.Cl.NNC(N)=O. The second-order valence-corrected chi connectivity index (χ2v) is 0.509. The average molecular weight is 148 g/mol. The zero-order valence-electron chi connectivity index (χ0n) is 3.38. The molecule has 46 valence electrons. The zero-order chi connectivity index (χ0) is 4.28. The maximum atomic E-state index is 9.35. The van der Waals surface area contributed by atoms with Crippen LogP contribution in [0, 0.1) is 0 Å². The minimum absolute atomic E-state index is 0. The Balaban J connectivity index is -0.0000000800. The normalized spacial score (nSPS) is 4.71. The predicted molar refractivity (Wildman–Crippen MR) is 31.4 cm³/mol. The second kappa shape index (κ2) is 9.26. The second-order valence-electron chi connectivity index (χ2n) is 0.509. The molecule has 7 heavy (non-hydrogen) atoms. The third-order valence-corrected chi connectivity index (χ3v) is 0.142. The minimum atomic E-state index is -0.718. The number of hydrogen-bond donors (Lipinski definition) is 3. The lowest BCUT2D eigenvalue weighted by Gasteiger charge is -1.81. The van der Waals surface area contributed by atoms with Gasteiger partial charge >= 0.3 is 6.03 Å². The maximum Gasteiger partial charge on any atom is 0.326 e. The standard InChI is InChI=1S/CH5N3O.2ClH/c2-1(5)4-3;;/h3H2,(H3,2,4,5);2*1H. The molecule has 0 rings (SSSR count). The molecule has 0 aromatic heterocycles. The van der Waals surface area contributed by atoms with E-state index < -0.39 is 6.03 Å². The molecule has 0 aromatic carbocycles. The van der Waals surface area contributed by atoms with Crippen molar-refractivity contribution in [3.63, 3.8) is 0 Å². The molecule has 0 aromatic rings. The highest BCUT2D eigenvalue weighted by atomic mass is 35.5. The van der Waals surface area contributed by atoms with E-state index in [4.69, 9.17) is 0 Å². The van der Waals surface area contributed by atoms with Gasteiger partial charge in [-0.15, -0.1) is 24.8 Å². The van der Waals surface area contributed by atoms with Gasteiger partial charge in [-0.1, -0.05) is 0 Å². The number of hydrogen-bond acceptors (Lipinski definition) is 2. The number of carbonyl (C=O) groups excluding carboxylic acids is 1. The molecule has 0 fully saturated rings. The fourth-order valence-corrected chi connectivity index (χ4v) is 0. The molecule has 0 spiro atoms. The molecule has 0 aliphatic carbocycles. The summed E-state index contributed by atoms with van der Waals surface area (Å²) in [6.45, 7) is 0. The first kappa shape index (κ1) is 15.8. The molecular formula is CH7Cl2N3O. The molecule has 6 heteroatoms. The summed E-state index contributed by atoms with van der Waals surface area (Å²) < 4.78 is 0. The van der Waals surface area contributed by atoms with Crippen LogP contribution in [-0.4, -0.2) is 6.03 Å². The van der Waals surface area contributed by atoms with Gasteiger partial charge in [0.2, 0.25) is 0 Å². The Labute approximate surface area is 53.4 Å². The predicted octanol–water partition coefficient (Wildman–Crippen LogP) is -0.628. The van der Waals surface area contributed by atoms with Gasteiger partial charge in [-0.05, 0) is 0 Å². The van der Waals surface area contributed by atoms with Crippen LogP contribution in [0.15, 0.2) is 0 Å². The first-order chi connectivity index (χ1) is 2.27. The van der Waals surface area contributed by atoms with Crippen molar-refractivity contribution in [2.45, 2.75) is 0 Å². The van der Waals surface area contributed by atoms with Crippen LogP contribution in [0.2, 0.25) is 0 Å². The quantitative estimate of drug-likeness (QED) is 0.243. The molecule has 0 radical (unpaired) electrons. The van der Waals surface area contributed by atoms with Gasteiger partial charge in [-0.25, -0.2) is 10.6 Å². The molecule has 4 nitrogen and oxygen atoms in total.